The Morgan fingerprint density at radius 3 is 2.78 bits per heavy atom. The summed E-state index contributed by atoms with van der Waals surface area (Å²) in [5.41, 5.74) is 1.64. The van der Waals surface area contributed by atoms with Crippen molar-refractivity contribution in [3.05, 3.63) is 46.7 Å². The molecule has 0 unspecified atom stereocenters. The van der Waals surface area contributed by atoms with Crippen molar-refractivity contribution in [3.8, 4) is 5.75 Å². The Morgan fingerprint density at radius 2 is 2.15 bits per heavy atom. The molecular formula is C17H23ClF2IN5O. The molecule has 0 aliphatic heterocycles. The number of aryl methyl sites for hydroxylation is 2. The van der Waals surface area contributed by atoms with Crippen LogP contribution >= 0.6 is 35.6 Å². The monoisotopic (exact) mass is 513 g/mol. The highest BCUT2D eigenvalue weighted by Crippen LogP contribution is 2.24. The molecule has 0 saturated heterocycles. The molecule has 2 aromatic rings. The Hall–Kier alpha value is -1.62. The van der Waals surface area contributed by atoms with Crippen LogP contribution in [0.4, 0.5) is 8.78 Å². The molecule has 0 atom stereocenters. The predicted molar refractivity (Wildman–Crippen MR) is 113 cm³/mol. The number of nitrogens with zero attached hydrogens (tertiary/aromatic N) is 3. The van der Waals surface area contributed by atoms with Gasteiger partial charge in [-0.3, -0.25) is 9.67 Å². The lowest BCUT2D eigenvalue weighted by Gasteiger charge is -2.15. The Kier molecular flexibility index (Phi) is 10.4. The van der Waals surface area contributed by atoms with Crippen LogP contribution in [0.5, 0.6) is 5.75 Å². The van der Waals surface area contributed by atoms with Crippen LogP contribution in [0.15, 0.2) is 35.6 Å². The van der Waals surface area contributed by atoms with Gasteiger partial charge in [-0.2, -0.15) is 13.9 Å². The van der Waals surface area contributed by atoms with E-state index in [2.05, 4.69) is 25.5 Å². The fourth-order valence-electron chi connectivity index (χ4n) is 2.33. The van der Waals surface area contributed by atoms with Gasteiger partial charge in [0.1, 0.15) is 5.75 Å². The maximum absolute atomic E-state index is 12.5. The molecule has 2 rings (SSSR count). The summed E-state index contributed by atoms with van der Waals surface area (Å²) in [5, 5.41) is 10.9. The first-order valence-electron chi connectivity index (χ1n) is 8.14. The number of aliphatic imine (C=N–C) groups is 1. The van der Waals surface area contributed by atoms with Crippen LogP contribution in [0.2, 0.25) is 5.02 Å². The standard InChI is InChI=1S/C17H22ClF2N5O.HI/c1-12-9-24-25(11-12)7-3-6-22-17(21-2)23-10-13-8-14(18)4-5-15(13)26-16(19)20;/h4-5,8-9,11,16H,3,6-7,10H2,1-2H3,(H2,21,22,23);1H. The first-order valence-corrected chi connectivity index (χ1v) is 8.52. The molecule has 1 aromatic carbocycles. The summed E-state index contributed by atoms with van der Waals surface area (Å²) < 4.78 is 31.4. The molecule has 6 nitrogen and oxygen atoms in total. The van der Waals surface area contributed by atoms with E-state index in [1.807, 2.05) is 24.0 Å². The topological polar surface area (TPSA) is 63.5 Å². The third-order valence-corrected chi connectivity index (χ3v) is 3.76. The molecule has 0 bridgehead atoms. The van der Waals surface area contributed by atoms with Gasteiger partial charge in [0, 0.05) is 43.5 Å². The van der Waals surface area contributed by atoms with Crippen molar-refractivity contribution in [3.63, 3.8) is 0 Å². The average Bonchev–Trinajstić information content (AvgIpc) is 3.01. The summed E-state index contributed by atoms with van der Waals surface area (Å²) in [7, 11) is 1.64. The lowest BCUT2D eigenvalue weighted by Crippen LogP contribution is -2.37. The smallest absolute Gasteiger partial charge is 0.387 e. The quantitative estimate of drug-likeness (QED) is 0.244. The van der Waals surface area contributed by atoms with Gasteiger partial charge in [0.15, 0.2) is 5.96 Å². The first-order chi connectivity index (χ1) is 12.5. The third-order valence-electron chi connectivity index (χ3n) is 3.53. The van der Waals surface area contributed by atoms with E-state index in [4.69, 9.17) is 11.6 Å². The first kappa shape index (κ1) is 23.4. The van der Waals surface area contributed by atoms with Crippen LogP contribution in [-0.2, 0) is 13.1 Å². The number of nitrogens with one attached hydrogen (secondary N) is 2. The minimum absolute atomic E-state index is 0. The number of benzene rings is 1. The van der Waals surface area contributed by atoms with Crippen molar-refractivity contribution in [1.29, 1.82) is 0 Å². The number of alkyl halides is 2. The highest BCUT2D eigenvalue weighted by Gasteiger charge is 2.11. The van der Waals surface area contributed by atoms with Crippen LogP contribution in [0.3, 0.4) is 0 Å². The zero-order valence-corrected chi connectivity index (χ0v) is 18.2. The number of ether oxygens (including phenoxy) is 1. The maximum atomic E-state index is 12.5. The van der Waals surface area contributed by atoms with E-state index in [1.54, 1.807) is 13.1 Å². The van der Waals surface area contributed by atoms with Crippen molar-refractivity contribution in [2.24, 2.45) is 4.99 Å². The van der Waals surface area contributed by atoms with Gasteiger partial charge in [-0.05, 0) is 37.1 Å². The van der Waals surface area contributed by atoms with E-state index in [1.165, 1.54) is 12.1 Å². The lowest BCUT2D eigenvalue weighted by molar-refractivity contribution is -0.0504. The zero-order valence-electron chi connectivity index (χ0n) is 15.1. The van der Waals surface area contributed by atoms with Crippen LogP contribution < -0.4 is 15.4 Å². The van der Waals surface area contributed by atoms with E-state index in [-0.39, 0.29) is 36.3 Å². The van der Waals surface area contributed by atoms with Crippen molar-refractivity contribution < 1.29 is 13.5 Å². The molecule has 0 amide bonds. The molecule has 2 N–H and O–H groups in total. The maximum Gasteiger partial charge on any atom is 0.387 e. The van der Waals surface area contributed by atoms with Gasteiger partial charge in [0.25, 0.3) is 0 Å². The van der Waals surface area contributed by atoms with Crippen molar-refractivity contribution in [2.75, 3.05) is 13.6 Å². The Balaban J connectivity index is 0.00000364. The highest BCUT2D eigenvalue weighted by atomic mass is 127. The Labute approximate surface area is 179 Å². The number of hydrogen-bond acceptors (Lipinski definition) is 3. The third kappa shape index (κ3) is 8.29. The largest absolute Gasteiger partial charge is 0.434 e. The van der Waals surface area contributed by atoms with Gasteiger partial charge in [0.05, 0.1) is 6.20 Å². The molecule has 150 valence electrons. The van der Waals surface area contributed by atoms with Crippen molar-refractivity contribution >= 4 is 41.5 Å². The summed E-state index contributed by atoms with van der Waals surface area (Å²) in [6.45, 7) is 0.835. The fraction of sp³-hybridized carbons (Fsp3) is 0.412. The van der Waals surface area contributed by atoms with E-state index >= 15 is 0 Å². The second-order valence-electron chi connectivity index (χ2n) is 5.62. The molecular weight excluding hydrogens is 491 g/mol. The lowest BCUT2D eigenvalue weighted by atomic mass is 10.2. The van der Waals surface area contributed by atoms with Crippen LogP contribution in [0.25, 0.3) is 0 Å². The number of aromatic nitrogens is 2. The van der Waals surface area contributed by atoms with Gasteiger partial charge < -0.3 is 15.4 Å². The summed E-state index contributed by atoms with van der Waals surface area (Å²) in [6.07, 6.45) is 4.66. The molecule has 0 fully saturated rings. The van der Waals surface area contributed by atoms with Gasteiger partial charge in [-0.15, -0.1) is 24.0 Å². The van der Waals surface area contributed by atoms with Crippen LogP contribution in [0, 0.1) is 6.92 Å². The molecule has 27 heavy (non-hydrogen) atoms. The molecule has 0 saturated carbocycles. The van der Waals surface area contributed by atoms with Gasteiger partial charge >= 0.3 is 6.61 Å². The second kappa shape index (κ2) is 12.0. The zero-order chi connectivity index (χ0) is 18.9. The SMILES string of the molecule is CN=C(NCCCn1cc(C)cn1)NCc1cc(Cl)ccc1OC(F)F.I. The molecule has 1 heterocycles. The molecule has 10 heteroatoms. The van der Waals surface area contributed by atoms with E-state index in [9.17, 15) is 8.78 Å². The fourth-order valence-corrected chi connectivity index (χ4v) is 2.53. The summed E-state index contributed by atoms with van der Waals surface area (Å²) >= 11 is 5.94. The van der Waals surface area contributed by atoms with E-state index < -0.39 is 6.61 Å². The van der Waals surface area contributed by atoms with Crippen LogP contribution in [0.1, 0.15) is 17.5 Å². The van der Waals surface area contributed by atoms with E-state index in [0.29, 0.717) is 23.1 Å². The minimum Gasteiger partial charge on any atom is -0.434 e. The molecule has 0 radical (unpaired) electrons. The molecule has 1 aromatic heterocycles. The van der Waals surface area contributed by atoms with Crippen molar-refractivity contribution in [2.45, 2.75) is 33.0 Å². The number of rotatable bonds is 8. The second-order valence-corrected chi connectivity index (χ2v) is 6.05. The Morgan fingerprint density at radius 1 is 1.37 bits per heavy atom. The van der Waals surface area contributed by atoms with Crippen molar-refractivity contribution in [1.82, 2.24) is 20.4 Å². The predicted octanol–water partition coefficient (Wildman–Crippen LogP) is 3.82. The summed E-state index contributed by atoms with van der Waals surface area (Å²) in [6, 6.07) is 4.51. The normalized spacial score (nSPS) is 11.3. The number of guanidine groups is 1. The Bertz CT molecular complexity index is 742. The molecule has 0 aliphatic carbocycles. The molecule has 0 spiro atoms. The molecule has 0 aliphatic rings. The van der Waals surface area contributed by atoms with Gasteiger partial charge in [-0.25, -0.2) is 0 Å². The van der Waals surface area contributed by atoms with Crippen LogP contribution in [-0.4, -0.2) is 35.9 Å². The van der Waals surface area contributed by atoms with Gasteiger partial charge in [-0.1, -0.05) is 11.6 Å². The minimum atomic E-state index is -2.89. The highest BCUT2D eigenvalue weighted by molar-refractivity contribution is 14.0. The number of hydrogen-bond donors (Lipinski definition) is 2. The number of halogens is 4. The summed E-state index contributed by atoms with van der Waals surface area (Å²) in [4.78, 5) is 4.11. The average molecular weight is 514 g/mol. The van der Waals surface area contributed by atoms with Gasteiger partial charge in [0.2, 0.25) is 0 Å². The summed E-state index contributed by atoms with van der Waals surface area (Å²) in [5.74, 6) is 0.644. The van der Waals surface area contributed by atoms with E-state index in [0.717, 1.165) is 18.5 Å².